The van der Waals surface area contributed by atoms with Crippen molar-refractivity contribution in [2.45, 2.75) is 12.8 Å². The molecule has 0 heterocycles. The summed E-state index contributed by atoms with van der Waals surface area (Å²) >= 11 is 6.14. The normalized spacial score (nSPS) is 10.8. The monoisotopic (exact) mass is 518 g/mol. The number of carbonyl (C=O) groups is 1. The Hall–Kier alpha value is -1.87. The highest BCUT2D eigenvalue weighted by Crippen LogP contribution is 2.14. The fraction of sp³-hybridized carbons (Fsp3) is 0.300. The number of amides is 1. The van der Waals surface area contributed by atoms with Crippen molar-refractivity contribution in [2.75, 3.05) is 26.7 Å². The van der Waals surface area contributed by atoms with Gasteiger partial charge in [-0.25, -0.2) is 4.39 Å². The lowest BCUT2D eigenvalue weighted by Crippen LogP contribution is -2.42. The summed E-state index contributed by atoms with van der Waals surface area (Å²) in [5, 5.41) is 9.88. The number of halogens is 3. The summed E-state index contributed by atoms with van der Waals surface area (Å²) in [5.74, 6) is 0.166. The van der Waals surface area contributed by atoms with E-state index in [0.29, 0.717) is 31.2 Å². The van der Waals surface area contributed by atoms with Crippen LogP contribution in [0.2, 0.25) is 5.02 Å². The maximum atomic E-state index is 13.1. The van der Waals surface area contributed by atoms with Crippen LogP contribution in [0.15, 0.2) is 53.5 Å². The zero-order valence-corrected chi connectivity index (χ0v) is 18.8. The predicted octanol–water partition coefficient (Wildman–Crippen LogP) is 3.16. The van der Waals surface area contributed by atoms with Crippen molar-refractivity contribution in [2.24, 2.45) is 4.99 Å². The lowest BCUT2D eigenvalue weighted by atomic mass is 10.1. The molecule has 0 atom stereocenters. The third kappa shape index (κ3) is 8.88. The predicted molar refractivity (Wildman–Crippen MR) is 123 cm³/mol. The van der Waals surface area contributed by atoms with Crippen LogP contribution in [-0.4, -0.2) is 38.5 Å². The van der Waals surface area contributed by atoms with Gasteiger partial charge in [0.2, 0.25) is 5.91 Å². The molecule has 8 heteroatoms. The number of nitrogens with one attached hydrogen (secondary N) is 3. The number of benzene rings is 2. The van der Waals surface area contributed by atoms with E-state index in [-0.39, 0.29) is 42.1 Å². The zero-order chi connectivity index (χ0) is 19.5. The Bertz CT molecular complexity index is 788. The summed E-state index contributed by atoms with van der Waals surface area (Å²) in [6.07, 6.45) is 0.938. The molecule has 5 nitrogen and oxygen atoms in total. The zero-order valence-electron chi connectivity index (χ0n) is 15.7. The highest BCUT2D eigenvalue weighted by Gasteiger charge is 2.04. The van der Waals surface area contributed by atoms with E-state index in [0.717, 1.165) is 17.0 Å². The third-order valence-electron chi connectivity index (χ3n) is 3.86. The van der Waals surface area contributed by atoms with E-state index in [1.807, 2.05) is 24.3 Å². The van der Waals surface area contributed by atoms with Gasteiger partial charge in [-0.2, -0.15) is 0 Å². The van der Waals surface area contributed by atoms with Gasteiger partial charge in [-0.1, -0.05) is 41.9 Å². The molecule has 0 spiro atoms. The molecule has 0 aromatic heterocycles. The summed E-state index contributed by atoms with van der Waals surface area (Å²) in [4.78, 5) is 16.0. The maximum absolute atomic E-state index is 13.1. The van der Waals surface area contributed by atoms with Crippen LogP contribution in [0, 0.1) is 5.82 Å². The molecule has 0 aliphatic rings. The molecule has 0 aliphatic carbocycles. The number of hydrogen-bond acceptors (Lipinski definition) is 2. The Balaban J connectivity index is 0.00000392. The molecule has 0 saturated heterocycles. The van der Waals surface area contributed by atoms with Gasteiger partial charge < -0.3 is 16.0 Å². The minimum absolute atomic E-state index is 0. The first-order valence-electron chi connectivity index (χ1n) is 8.77. The van der Waals surface area contributed by atoms with E-state index in [4.69, 9.17) is 11.6 Å². The van der Waals surface area contributed by atoms with Crippen LogP contribution < -0.4 is 16.0 Å². The van der Waals surface area contributed by atoms with E-state index in [1.54, 1.807) is 19.2 Å². The van der Waals surface area contributed by atoms with Crippen LogP contribution >= 0.6 is 35.6 Å². The van der Waals surface area contributed by atoms with Crippen molar-refractivity contribution in [3.8, 4) is 0 Å². The SMILES string of the molecule is CN=C(NCCNC(=O)Cc1cccc(F)c1)NCCc1ccccc1Cl.I. The second kappa shape index (κ2) is 13.3. The van der Waals surface area contributed by atoms with E-state index in [9.17, 15) is 9.18 Å². The number of aliphatic imine (C=N–C) groups is 1. The Morgan fingerprint density at radius 2 is 1.75 bits per heavy atom. The Morgan fingerprint density at radius 1 is 1.04 bits per heavy atom. The van der Waals surface area contributed by atoms with E-state index in [1.165, 1.54) is 12.1 Å². The van der Waals surface area contributed by atoms with Gasteiger partial charge in [0.1, 0.15) is 5.82 Å². The van der Waals surface area contributed by atoms with Crippen molar-refractivity contribution in [3.05, 3.63) is 70.5 Å². The van der Waals surface area contributed by atoms with Crippen molar-refractivity contribution < 1.29 is 9.18 Å². The molecule has 0 unspecified atom stereocenters. The third-order valence-corrected chi connectivity index (χ3v) is 4.23. The van der Waals surface area contributed by atoms with Gasteiger partial charge >= 0.3 is 0 Å². The topological polar surface area (TPSA) is 65.5 Å². The Kier molecular flexibility index (Phi) is 11.5. The number of rotatable bonds is 8. The van der Waals surface area contributed by atoms with Gasteiger partial charge in [-0.05, 0) is 35.7 Å². The highest BCUT2D eigenvalue weighted by atomic mass is 127. The van der Waals surface area contributed by atoms with Gasteiger partial charge in [0.25, 0.3) is 0 Å². The fourth-order valence-corrected chi connectivity index (χ4v) is 2.75. The lowest BCUT2D eigenvalue weighted by molar-refractivity contribution is -0.120. The van der Waals surface area contributed by atoms with E-state index >= 15 is 0 Å². The number of nitrogens with zero attached hydrogens (tertiary/aromatic N) is 1. The van der Waals surface area contributed by atoms with Gasteiger partial charge in [0.15, 0.2) is 5.96 Å². The summed E-state index contributed by atoms with van der Waals surface area (Å²) in [7, 11) is 1.69. The molecule has 0 bridgehead atoms. The van der Waals surface area contributed by atoms with Gasteiger partial charge in [0, 0.05) is 31.7 Å². The van der Waals surface area contributed by atoms with Crippen LogP contribution in [0.4, 0.5) is 4.39 Å². The molecule has 0 radical (unpaired) electrons. The Morgan fingerprint density at radius 3 is 2.46 bits per heavy atom. The fourth-order valence-electron chi connectivity index (χ4n) is 2.51. The summed E-state index contributed by atoms with van der Waals surface area (Å²) in [6, 6.07) is 13.8. The second-order valence-corrected chi connectivity index (χ2v) is 6.33. The van der Waals surface area contributed by atoms with Crippen LogP contribution in [0.5, 0.6) is 0 Å². The molecule has 0 aliphatic heterocycles. The van der Waals surface area contributed by atoms with E-state index < -0.39 is 0 Å². The minimum atomic E-state index is -0.339. The highest BCUT2D eigenvalue weighted by molar-refractivity contribution is 14.0. The Labute approximate surface area is 187 Å². The largest absolute Gasteiger partial charge is 0.356 e. The molecular formula is C20H25ClFIN4O. The minimum Gasteiger partial charge on any atom is -0.356 e. The lowest BCUT2D eigenvalue weighted by Gasteiger charge is -2.13. The average Bonchev–Trinajstić information content (AvgIpc) is 2.65. The molecule has 3 N–H and O–H groups in total. The number of guanidine groups is 1. The molecule has 28 heavy (non-hydrogen) atoms. The summed E-state index contributed by atoms with van der Waals surface area (Å²) < 4.78 is 13.1. The molecule has 2 aromatic rings. The average molecular weight is 519 g/mol. The van der Waals surface area contributed by atoms with Crippen LogP contribution in [0.3, 0.4) is 0 Å². The second-order valence-electron chi connectivity index (χ2n) is 5.92. The molecule has 1 amide bonds. The van der Waals surface area contributed by atoms with Gasteiger partial charge in [-0.3, -0.25) is 9.79 Å². The molecule has 0 saturated carbocycles. The van der Waals surface area contributed by atoms with Crippen molar-refractivity contribution in [1.29, 1.82) is 0 Å². The quantitative estimate of drug-likeness (QED) is 0.218. The standard InChI is InChI=1S/C20H24ClFN4O.HI/c1-23-20(25-10-9-16-6-2-3-8-18(16)21)26-12-11-24-19(27)14-15-5-4-7-17(22)13-15;/h2-8,13H,9-12,14H2,1H3,(H,24,27)(H2,23,25,26);1H. The molecule has 152 valence electrons. The van der Waals surface area contributed by atoms with Gasteiger partial charge in [0.05, 0.1) is 6.42 Å². The maximum Gasteiger partial charge on any atom is 0.224 e. The van der Waals surface area contributed by atoms with E-state index in [2.05, 4.69) is 20.9 Å². The summed E-state index contributed by atoms with van der Waals surface area (Å²) in [5.41, 5.74) is 1.73. The summed E-state index contributed by atoms with van der Waals surface area (Å²) in [6.45, 7) is 1.66. The first kappa shape index (κ1) is 24.2. The molecular weight excluding hydrogens is 494 g/mol. The molecule has 2 aromatic carbocycles. The number of carbonyl (C=O) groups excluding carboxylic acids is 1. The van der Waals surface area contributed by atoms with Gasteiger partial charge in [-0.15, -0.1) is 24.0 Å². The molecule has 2 rings (SSSR count). The smallest absolute Gasteiger partial charge is 0.224 e. The van der Waals surface area contributed by atoms with Crippen molar-refractivity contribution in [3.63, 3.8) is 0 Å². The van der Waals surface area contributed by atoms with Crippen molar-refractivity contribution >= 4 is 47.4 Å². The molecule has 0 fully saturated rings. The van der Waals surface area contributed by atoms with Crippen LogP contribution in [0.25, 0.3) is 0 Å². The van der Waals surface area contributed by atoms with Crippen LogP contribution in [-0.2, 0) is 17.6 Å². The first-order valence-corrected chi connectivity index (χ1v) is 9.15. The van der Waals surface area contributed by atoms with Crippen molar-refractivity contribution in [1.82, 2.24) is 16.0 Å². The number of hydrogen-bond donors (Lipinski definition) is 3. The van der Waals surface area contributed by atoms with Crippen LogP contribution in [0.1, 0.15) is 11.1 Å². The first-order chi connectivity index (χ1) is 13.1.